The van der Waals surface area contributed by atoms with Gasteiger partial charge in [-0.25, -0.2) is 0 Å². The maximum Gasteiger partial charge on any atom is 0.334 e. The average Bonchev–Trinajstić information content (AvgIpc) is 2.47. The van der Waals surface area contributed by atoms with Crippen LogP contribution in [0.2, 0.25) is 0 Å². The van der Waals surface area contributed by atoms with E-state index in [1.54, 1.807) is 18.2 Å². The molecule has 0 bridgehead atoms. The lowest BCUT2D eigenvalue weighted by atomic mass is 10.0. The van der Waals surface area contributed by atoms with E-state index in [1.807, 2.05) is 25.1 Å². The van der Waals surface area contributed by atoms with Crippen LogP contribution < -0.4 is 0 Å². The van der Waals surface area contributed by atoms with Gasteiger partial charge in [0, 0.05) is 26.2 Å². The zero-order valence-corrected chi connectivity index (χ0v) is 13.1. The summed E-state index contributed by atoms with van der Waals surface area (Å²) >= 11 is 0. The van der Waals surface area contributed by atoms with Crippen molar-refractivity contribution >= 4 is 13.4 Å². The second-order valence-electron chi connectivity index (χ2n) is 4.32. The topological polar surface area (TPSA) is 52.6 Å². The molecule has 20 heavy (non-hydrogen) atoms. The van der Waals surface area contributed by atoms with Gasteiger partial charge in [0.05, 0.1) is 6.16 Å². The van der Waals surface area contributed by atoms with Gasteiger partial charge in [0.1, 0.15) is 0 Å². The molecule has 0 aliphatic carbocycles. The van der Waals surface area contributed by atoms with Gasteiger partial charge in [-0.15, -0.1) is 0 Å². The highest BCUT2D eigenvalue weighted by Gasteiger charge is 2.24. The first kappa shape index (κ1) is 16.8. The van der Waals surface area contributed by atoms with Gasteiger partial charge in [-0.05, 0) is 18.9 Å². The van der Waals surface area contributed by atoms with Gasteiger partial charge in [-0.3, -0.25) is 9.36 Å². The van der Waals surface area contributed by atoms with Gasteiger partial charge >= 0.3 is 7.60 Å². The smallest absolute Gasteiger partial charge is 0.312 e. The molecule has 0 N–H and O–H groups in total. The third-order valence-electron chi connectivity index (χ3n) is 3.01. The highest BCUT2D eigenvalue weighted by atomic mass is 31.2. The van der Waals surface area contributed by atoms with Crippen LogP contribution >= 0.6 is 7.60 Å². The number of ketones is 1. The van der Waals surface area contributed by atoms with E-state index in [4.69, 9.17) is 9.05 Å². The number of hydrogen-bond acceptors (Lipinski definition) is 4. The first-order valence-electron chi connectivity index (χ1n) is 6.49. The normalized spacial score (nSPS) is 11.9. The third kappa shape index (κ3) is 4.71. The maximum atomic E-state index is 12.2. The van der Waals surface area contributed by atoms with Crippen LogP contribution in [0.15, 0.2) is 36.4 Å². The van der Waals surface area contributed by atoms with Crippen molar-refractivity contribution in [3.8, 4) is 0 Å². The second kappa shape index (κ2) is 8.15. The molecule has 1 aromatic carbocycles. The van der Waals surface area contributed by atoms with Crippen molar-refractivity contribution in [3.63, 3.8) is 0 Å². The summed E-state index contributed by atoms with van der Waals surface area (Å²) in [5.41, 5.74) is 1.29. The Bertz CT molecular complexity index is 514. The zero-order chi connectivity index (χ0) is 15.0. The summed E-state index contributed by atoms with van der Waals surface area (Å²) in [4.78, 5) is 12.2. The number of hydrogen-bond donors (Lipinski definition) is 0. The van der Waals surface area contributed by atoms with E-state index in [0.717, 1.165) is 0 Å². The Kier molecular flexibility index (Phi) is 6.86. The fraction of sp³-hybridized carbons (Fsp3) is 0.400. The number of Topliss-reactive ketones (excluding diaryl/α,β-unsaturated/α-hetero) is 1. The number of carbonyl (C=O) groups excluding carboxylic acids is 1. The monoisotopic (exact) mass is 296 g/mol. The summed E-state index contributed by atoms with van der Waals surface area (Å²) in [5.74, 6) is 0.0393. The third-order valence-corrected chi connectivity index (χ3v) is 4.85. The summed E-state index contributed by atoms with van der Waals surface area (Å²) in [6, 6.07) is 7.15. The minimum Gasteiger partial charge on any atom is -0.312 e. The minimum atomic E-state index is -3.17. The molecule has 0 aliphatic rings. The molecule has 5 heteroatoms. The Morgan fingerprint density at radius 3 is 2.50 bits per heavy atom. The van der Waals surface area contributed by atoms with Gasteiger partial charge in [0.2, 0.25) is 0 Å². The van der Waals surface area contributed by atoms with Crippen molar-refractivity contribution in [2.24, 2.45) is 0 Å². The van der Waals surface area contributed by atoms with E-state index in [-0.39, 0.29) is 11.9 Å². The predicted octanol–water partition coefficient (Wildman–Crippen LogP) is 4.21. The fourth-order valence-corrected chi connectivity index (χ4v) is 2.96. The second-order valence-corrected chi connectivity index (χ2v) is 6.59. The van der Waals surface area contributed by atoms with Crippen molar-refractivity contribution in [2.45, 2.75) is 25.9 Å². The van der Waals surface area contributed by atoms with Gasteiger partial charge in [0.25, 0.3) is 0 Å². The van der Waals surface area contributed by atoms with Crippen LogP contribution in [0.4, 0.5) is 0 Å². The van der Waals surface area contributed by atoms with Crippen LogP contribution in [0.3, 0.4) is 0 Å². The molecule has 0 aromatic heterocycles. The molecule has 4 nitrogen and oxygen atoms in total. The van der Waals surface area contributed by atoms with Gasteiger partial charge in [-0.2, -0.15) is 0 Å². The SMILES string of the molecule is C/C=C/CCC(=O)c1ccccc1CP(=O)(OC)OC. The van der Waals surface area contributed by atoms with Crippen molar-refractivity contribution in [2.75, 3.05) is 14.2 Å². The Labute approximate surface area is 120 Å². The van der Waals surface area contributed by atoms with E-state index in [0.29, 0.717) is 24.0 Å². The van der Waals surface area contributed by atoms with E-state index >= 15 is 0 Å². The average molecular weight is 296 g/mol. The Morgan fingerprint density at radius 2 is 1.90 bits per heavy atom. The van der Waals surface area contributed by atoms with Crippen LogP contribution in [0, 0.1) is 0 Å². The van der Waals surface area contributed by atoms with Crippen LogP contribution in [0.25, 0.3) is 0 Å². The largest absolute Gasteiger partial charge is 0.334 e. The number of rotatable bonds is 8. The van der Waals surface area contributed by atoms with E-state index < -0.39 is 7.60 Å². The quantitative estimate of drug-likeness (QED) is 0.409. The summed E-state index contributed by atoms with van der Waals surface area (Å²) in [7, 11) is -0.472. The molecule has 1 aromatic rings. The first-order chi connectivity index (χ1) is 9.56. The van der Waals surface area contributed by atoms with E-state index in [2.05, 4.69) is 0 Å². The van der Waals surface area contributed by atoms with Gasteiger partial charge < -0.3 is 9.05 Å². The number of allylic oxidation sites excluding steroid dienone is 2. The predicted molar refractivity (Wildman–Crippen MR) is 80.1 cm³/mol. The van der Waals surface area contributed by atoms with Crippen LogP contribution in [-0.2, 0) is 19.8 Å². The molecular weight excluding hydrogens is 275 g/mol. The summed E-state index contributed by atoms with van der Waals surface area (Å²) in [6.07, 6.45) is 5.12. The molecule has 0 fully saturated rings. The first-order valence-corrected chi connectivity index (χ1v) is 8.22. The van der Waals surface area contributed by atoms with E-state index in [1.165, 1.54) is 14.2 Å². The summed E-state index contributed by atoms with van der Waals surface area (Å²) < 4.78 is 22.1. The van der Waals surface area contributed by atoms with Crippen molar-refractivity contribution in [3.05, 3.63) is 47.5 Å². The molecule has 1 rings (SSSR count). The number of benzene rings is 1. The molecular formula is C15H21O4P. The molecule has 0 saturated carbocycles. The molecule has 110 valence electrons. The molecule has 0 spiro atoms. The highest BCUT2D eigenvalue weighted by Crippen LogP contribution is 2.50. The molecule has 0 unspecified atom stereocenters. The van der Waals surface area contributed by atoms with Crippen LogP contribution in [-0.4, -0.2) is 20.0 Å². The lowest BCUT2D eigenvalue weighted by molar-refractivity contribution is 0.0983. The summed E-state index contributed by atoms with van der Waals surface area (Å²) in [5, 5.41) is 0. The zero-order valence-electron chi connectivity index (χ0n) is 12.2. The van der Waals surface area contributed by atoms with Crippen molar-refractivity contribution < 1.29 is 18.4 Å². The Hall–Kier alpha value is -1.22. The maximum absolute atomic E-state index is 12.2. The lowest BCUT2D eigenvalue weighted by Gasteiger charge is -2.15. The molecule has 0 radical (unpaired) electrons. The highest BCUT2D eigenvalue weighted by molar-refractivity contribution is 7.52. The molecule has 0 atom stereocenters. The van der Waals surface area contributed by atoms with Crippen molar-refractivity contribution in [1.29, 1.82) is 0 Å². The standard InChI is InChI=1S/C15H21O4P/c1-4-5-6-11-15(16)14-10-8-7-9-13(14)12-20(17,18-2)19-3/h4-5,7-10H,6,11-12H2,1-3H3/b5-4+. The minimum absolute atomic E-state index is 0.0393. The molecule has 0 aliphatic heterocycles. The molecule has 0 heterocycles. The van der Waals surface area contributed by atoms with Gasteiger partial charge in [0.15, 0.2) is 5.78 Å². The van der Waals surface area contributed by atoms with E-state index in [9.17, 15) is 9.36 Å². The summed E-state index contributed by atoms with van der Waals surface area (Å²) in [6.45, 7) is 1.92. The molecule has 0 saturated heterocycles. The molecule has 0 amide bonds. The van der Waals surface area contributed by atoms with Crippen LogP contribution in [0.5, 0.6) is 0 Å². The Balaban J connectivity index is 2.93. The number of carbonyl (C=O) groups is 1. The van der Waals surface area contributed by atoms with Crippen LogP contribution in [0.1, 0.15) is 35.7 Å². The van der Waals surface area contributed by atoms with Gasteiger partial charge in [-0.1, -0.05) is 36.4 Å². The lowest BCUT2D eigenvalue weighted by Crippen LogP contribution is -2.04. The Morgan fingerprint density at radius 1 is 1.25 bits per heavy atom. The fourth-order valence-electron chi connectivity index (χ4n) is 1.86. The van der Waals surface area contributed by atoms with Crippen molar-refractivity contribution in [1.82, 2.24) is 0 Å².